The number of hydrogen-bond donors (Lipinski definition) is 1. The predicted octanol–water partition coefficient (Wildman–Crippen LogP) is 5.75. The van der Waals surface area contributed by atoms with Crippen LogP contribution in [0.15, 0.2) is 66.4 Å². The molecule has 170 valence electrons. The van der Waals surface area contributed by atoms with E-state index in [4.69, 9.17) is 9.72 Å². The number of hydrogen-bond acceptors (Lipinski definition) is 4. The van der Waals surface area contributed by atoms with Crippen LogP contribution in [0.25, 0.3) is 11.2 Å². The molecule has 2 aromatic carbocycles. The smallest absolute Gasteiger partial charge is 0.137 e. The lowest BCUT2D eigenvalue weighted by Crippen LogP contribution is -2.08. The quantitative estimate of drug-likeness (QED) is 0.400. The van der Waals surface area contributed by atoms with Gasteiger partial charge in [-0.25, -0.2) is 9.37 Å². The number of halogens is 1. The third kappa shape index (κ3) is 3.64. The van der Waals surface area contributed by atoms with E-state index in [0.717, 1.165) is 41.0 Å². The van der Waals surface area contributed by atoms with Crippen molar-refractivity contribution < 1.29 is 14.2 Å². The summed E-state index contributed by atoms with van der Waals surface area (Å²) in [5.41, 5.74) is 6.70. The van der Waals surface area contributed by atoms with Crippen LogP contribution in [0.3, 0.4) is 0 Å². The van der Waals surface area contributed by atoms with E-state index in [1.807, 2.05) is 47.0 Å². The molecule has 0 saturated carbocycles. The first-order valence-electron chi connectivity index (χ1n) is 11.3. The first kappa shape index (κ1) is 21.9. The molecule has 4 aromatic rings. The van der Waals surface area contributed by atoms with Crippen LogP contribution in [0, 0.1) is 17.1 Å². The van der Waals surface area contributed by atoms with Gasteiger partial charge in [-0.3, -0.25) is 0 Å². The summed E-state index contributed by atoms with van der Waals surface area (Å²) in [7, 11) is 0. The van der Waals surface area contributed by atoms with Gasteiger partial charge in [-0.2, -0.15) is 5.26 Å². The Morgan fingerprint density at radius 3 is 2.82 bits per heavy atom. The fourth-order valence-electron chi connectivity index (χ4n) is 4.66. The van der Waals surface area contributed by atoms with E-state index >= 15 is 0 Å². The number of allylic oxidation sites excluding steroid dienone is 1. The third-order valence-corrected chi connectivity index (χ3v) is 6.24. The van der Waals surface area contributed by atoms with Crippen molar-refractivity contribution in [2.75, 3.05) is 0 Å². The second kappa shape index (κ2) is 8.77. The minimum absolute atomic E-state index is 0.198. The highest BCUT2D eigenvalue weighted by atomic mass is 19.1. The van der Waals surface area contributed by atoms with E-state index in [2.05, 4.69) is 13.0 Å². The minimum atomic E-state index is -0.892. The summed E-state index contributed by atoms with van der Waals surface area (Å²) >= 11 is 0. The molecule has 1 aliphatic heterocycles. The molecule has 0 fully saturated rings. The number of imidazole rings is 1. The van der Waals surface area contributed by atoms with Crippen molar-refractivity contribution in [2.45, 2.75) is 39.4 Å². The van der Waals surface area contributed by atoms with Crippen molar-refractivity contribution in [3.63, 3.8) is 0 Å². The van der Waals surface area contributed by atoms with Crippen molar-refractivity contribution in [2.24, 2.45) is 0 Å². The highest BCUT2D eigenvalue weighted by Crippen LogP contribution is 2.40. The van der Waals surface area contributed by atoms with Crippen LogP contribution in [0.2, 0.25) is 0 Å². The zero-order valence-electron chi connectivity index (χ0n) is 19.0. The average Bonchev–Trinajstić information content (AvgIpc) is 3.13. The van der Waals surface area contributed by atoms with Gasteiger partial charge in [0.1, 0.15) is 29.9 Å². The lowest BCUT2D eigenvalue weighted by Gasteiger charge is -2.17. The van der Waals surface area contributed by atoms with Crippen LogP contribution >= 0.6 is 0 Å². The normalized spacial score (nSPS) is 15.0. The largest absolute Gasteiger partial charge is 0.488 e. The van der Waals surface area contributed by atoms with Crippen LogP contribution < -0.4 is 4.74 Å². The number of ether oxygens (including phenoxy) is 1. The van der Waals surface area contributed by atoms with Crippen molar-refractivity contribution in [3.8, 4) is 11.8 Å². The van der Waals surface area contributed by atoms with Gasteiger partial charge < -0.3 is 14.2 Å². The van der Waals surface area contributed by atoms with Crippen LogP contribution in [0.5, 0.6) is 5.75 Å². The maximum Gasteiger partial charge on any atom is 0.137 e. The van der Waals surface area contributed by atoms with Gasteiger partial charge in [0.2, 0.25) is 0 Å². The Bertz CT molecular complexity index is 1480. The van der Waals surface area contributed by atoms with Gasteiger partial charge >= 0.3 is 0 Å². The molecule has 0 aliphatic carbocycles. The van der Waals surface area contributed by atoms with Crippen molar-refractivity contribution >= 4 is 11.2 Å². The SMILES string of the molecule is CCCc1nc2ccccn2c1C(O)c1ccc2c(c1)COc1cc(F)ccc1/C2=C(\C)C#N. The second-order valence-corrected chi connectivity index (χ2v) is 8.48. The van der Waals surface area contributed by atoms with Crippen LogP contribution in [0.4, 0.5) is 4.39 Å². The lowest BCUT2D eigenvalue weighted by atomic mass is 9.89. The average molecular weight is 454 g/mol. The third-order valence-electron chi connectivity index (χ3n) is 6.24. The number of nitrogens with zero attached hydrogens (tertiary/aromatic N) is 3. The first-order valence-corrected chi connectivity index (χ1v) is 11.3. The van der Waals surface area contributed by atoms with Crippen LogP contribution in [0.1, 0.15) is 60.0 Å². The fourth-order valence-corrected chi connectivity index (χ4v) is 4.66. The standard InChI is InChI=1S/C28H24FN3O2/c1-3-6-23-27(32-12-5-4-7-25(32)31-23)28(33)18-8-10-21-19(13-18)16-34-24-14-20(29)9-11-22(24)26(21)17(2)15-30/h4-5,7-14,28,33H,3,6,16H2,1-2H3/b26-17+. The van der Waals surface area contributed by atoms with E-state index in [1.165, 1.54) is 12.1 Å². The second-order valence-electron chi connectivity index (χ2n) is 8.48. The number of aliphatic hydroxyl groups excluding tert-OH is 1. The molecule has 1 unspecified atom stereocenters. The number of nitriles is 1. The van der Waals surface area contributed by atoms with Gasteiger partial charge in [-0.1, -0.05) is 31.5 Å². The molecular formula is C28H24FN3O2. The molecule has 1 aliphatic rings. The van der Waals surface area contributed by atoms with Gasteiger partial charge in [0.25, 0.3) is 0 Å². The number of aromatic nitrogens is 2. The molecule has 0 bridgehead atoms. The van der Waals surface area contributed by atoms with E-state index in [0.29, 0.717) is 28.0 Å². The maximum absolute atomic E-state index is 13.9. The van der Waals surface area contributed by atoms with Crippen LogP contribution in [-0.2, 0) is 13.0 Å². The molecule has 6 heteroatoms. The van der Waals surface area contributed by atoms with Gasteiger partial charge in [0, 0.05) is 29.0 Å². The summed E-state index contributed by atoms with van der Waals surface area (Å²) < 4.78 is 21.8. The Balaban J connectivity index is 1.64. The summed E-state index contributed by atoms with van der Waals surface area (Å²) in [6, 6.07) is 18.1. The van der Waals surface area contributed by atoms with E-state index < -0.39 is 11.9 Å². The summed E-state index contributed by atoms with van der Waals surface area (Å²) in [4.78, 5) is 4.73. The number of aryl methyl sites for hydroxylation is 1. The molecule has 1 atom stereocenters. The van der Waals surface area contributed by atoms with Gasteiger partial charge in [0.05, 0.1) is 17.5 Å². The number of pyridine rings is 1. The fraction of sp³-hybridized carbons (Fsp3) is 0.214. The van der Waals surface area contributed by atoms with Gasteiger partial charge in [-0.05, 0) is 60.4 Å². The Kier molecular flexibility index (Phi) is 5.64. The molecule has 5 nitrogen and oxygen atoms in total. The Hall–Kier alpha value is -3.95. The topological polar surface area (TPSA) is 70.6 Å². The highest BCUT2D eigenvalue weighted by Gasteiger charge is 2.25. The lowest BCUT2D eigenvalue weighted by molar-refractivity contribution is 0.212. The van der Waals surface area contributed by atoms with E-state index in [-0.39, 0.29) is 6.61 Å². The molecule has 0 amide bonds. The zero-order valence-corrected chi connectivity index (χ0v) is 19.0. The van der Waals surface area contributed by atoms with E-state index in [9.17, 15) is 14.8 Å². The van der Waals surface area contributed by atoms with Crippen LogP contribution in [-0.4, -0.2) is 14.5 Å². The van der Waals surface area contributed by atoms with Crippen molar-refractivity contribution in [3.05, 3.63) is 106 Å². The van der Waals surface area contributed by atoms with Gasteiger partial charge in [-0.15, -0.1) is 0 Å². The number of benzene rings is 2. The molecule has 34 heavy (non-hydrogen) atoms. The number of rotatable bonds is 4. The molecule has 1 N–H and O–H groups in total. The molecule has 0 spiro atoms. The minimum Gasteiger partial charge on any atom is -0.488 e. The Morgan fingerprint density at radius 1 is 1.21 bits per heavy atom. The molecular weight excluding hydrogens is 429 g/mol. The first-order chi connectivity index (χ1) is 16.5. The maximum atomic E-state index is 13.9. The molecule has 0 saturated heterocycles. The van der Waals surface area contributed by atoms with Gasteiger partial charge in [0.15, 0.2) is 0 Å². The predicted molar refractivity (Wildman–Crippen MR) is 128 cm³/mol. The molecule has 3 heterocycles. The van der Waals surface area contributed by atoms with Crippen molar-refractivity contribution in [1.82, 2.24) is 9.38 Å². The summed E-state index contributed by atoms with van der Waals surface area (Å²) in [5, 5.41) is 21.1. The highest BCUT2D eigenvalue weighted by molar-refractivity contribution is 5.88. The molecule has 2 aromatic heterocycles. The number of aliphatic hydroxyl groups is 1. The summed E-state index contributed by atoms with van der Waals surface area (Å²) in [6.45, 7) is 4.03. The van der Waals surface area contributed by atoms with Crippen molar-refractivity contribution in [1.29, 1.82) is 5.26 Å². The monoisotopic (exact) mass is 453 g/mol. The molecule has 5 rings (SSSR count). The summed E-state index contributed by atoms with van der Waals surface area (Å²) in [5.74, 6) is 0.000701. The Labute approximate surface area is 197 Å². The van der Waals surface area contributed by atoms with E-state index in [1.54, 1.807) is 13.0 Å². The summed E-state index contributed by atoms with van der Waals surface area (Å²) in [6.07, 6.45) is 2.70. The zero-order chi connectivity index (χ0) is 23.8. The molecule has 0 radical (unpaired) electrons. The Morgan fingerprint density at radius 2 is 2.03 bits per heavy atom. The number of fused-ring (bicyclic) bond motifs is 3.